The van der Waals surface area contributed by atoms with Gasteiger partial charge in [-0.1, -0.05) is 19.1 Å². The maximum Gasteiger partial charge on any atom is 0.258 e. The van der Waals surface area contributed by atoms with Gasteiger partial charge in [-0.15, -0.1) is 0 Å². The number of rotatable bonds is 1. The smallest absolute Gasteiger partial charge is 0.258 e. The molecule has 0 aromatic carbocycles. The zero-order valence-electron chi connectivity index (χ0n) is 9.13. The fourth-order valence-corrected chi connectivity index (χ4v) is 1.81. The van der Waals surface area contributed by atoms with Crippen LogP contribution < -0.4 is 0 Å². The van der Waals surface area contributed by atoms with Crippen molar-refractivity contribution < 1.29 is 9.90 Å². The average Bonchev–Trinajstić information content (AvgIpc) is 2.29. The van der Waals surface area contributed by atoms with Crippen LogP contribution in [0.25, 0.3) is 0 Å². The Balaban J connectivity index is 2.20. The molecule has 1 aromatic heterocycles. The summed E-state index contributed by atoms with van der Waals surface area (Å²) in [5, 5.41) is 9.55. The van der Waals surface area contributed by atoms with Crippen molar-refractivity contribution in [3.05, 3.63) is 36.2 Å². The van der Waals surface area contributed by atoms with E-state index in [1.165, 1.54) is 12.4 Å². The average molecular weight is 218 g/mol. The van der Waals surface area contributed by atoms with E-state index in [0.717, 1.165) is 0 Å². The second-order valence-corrected chi connectivity index (χ2v) is 4.01. The van der Waals surface area contributed by atoms with E-state index >= 15 is 0 Å². The van der Waals surface area contributed by atoms with Crippen LogP contribution in [-0.2, 0) is 0 Å². The van der Waals surface area contributed by atoms with E-state index in [2.05, 4.69) is 18.0 Å². The fraction of sp³-hybridized carbons (Fsp3) is 0.333. The van der Waals surface area contributed by atoms with Crippen LogP contribution in [0.2, 0.25) is 0 Å². The summed E-state index contributed by atoms with van der Waals surface area (Å²) in [6.45, 7) is 3.35. The molecule has 0 spiro atoms. The third-order valence-electron chi connectivity index (χ3n) is 2.62. The van der Waals surface area contributed by atoms with Gasteiger partial charge >= 0.3 is 0 Å². The van der Waals surface area contributed by atoms with Gasteiger partial charge in [-0.3, -0.25) is 9.78 Å². The van der Waals surface area contributed by atoms with Crippen molar-refractivity contribution in [2.45, 2.75) is 6.92 Å². The minimum absolute atomic E-state index is 0.0605. The third-order valence-corrected chi connectivity index (χ3v) is 2.62. The molecule has 0 bridgehead atoms. The van der Waals surface area contributed by atoms with E-state index in [1.54, 1.807) is 11.0 Å². The van der Waals surface area contributed by atoms with Crippen LogP contribution in [0.3, 0.4) is 0 Å². The summed E-state index contributed by atoms with van der Waals surface area (Å²) >= 11 is 0. The Bertz CT molecular complexity index is 429. The molecule has 0 saturated carbocycles. The number of pyridine rings is 1. The molecule has 0 aliphatic carbocycles. The summed E-state index contributed by atoms with van der Waals surface area (Å²) in [5.41, 5.74) is 0.317. The molecule has 1 atom stereocenters. The summed E-state index contributed by atoms with van der Waals surface area (Å²) < 4.78 is 0. The number of hydrogen-bond acceptors (Lipinski definition) is 3. The molecule has 1 N–H and O–H groups in total. The second kappa shape index (κ2) is 4.35. The molecule has 0 radical (unpaired) electrons. The largest absolute Gasteiger partial charge is 0.505 e. The van der Waals surface area contributed by atoms with Gasteiger partial charge in [-0.05, 0) is 12.0 Å². The van der Waals surface area contributed by atoms with Gasteiger partial charge in [0.15, 0.2) is 0 Å². The Morgan fingerprint density at radius 2 is 2.44 bits per heavy atom. The maximum atomic E-state index is 12.1. The third kappa shape index (κ3) is 2.05. The minimum Gasteiger partial charge on any atom is -0.505 e. The van der Waals surface area contributed by atoms with Crippen molar-refractivity contribution in [2.75, 3.05) is 13.1 Å². The summed E-state index contributed by atoms with van der Waals surface area (Å²) in [7, 11) is 0. The van der Waals surface area contributed by atoms with E-state index in [9.17, 15) is 9.90 Å². The Morgan fingerprint density at radius 3 is 3.12 bits per heavy atom. The number of nitrogens with zero attached hydrogens (tertiary/aromatic N) is 2. The molecule has 1 unspecified atom stereocenters. The molecule has 2 rings (SSSR count). The van der Waals surface area contributed by atoms with Gasteiger partial charge in [-0.2, -0.15) is 0 Å². The molecular weight excluding hydrogens is 204 g/mol. The monoisotopic (exact) mass is 218 g/mol. The zero-order valence-corrected chi connectivity index (χ0v) is 9.13. The van der Waals surface area contributed by atoms with Gasteiger partial charge in [0.1, 0.15) is 5.75 Å². The van der Waals surface area contributed by atoms with Crippen molar-refractivity contribution in [3.8, 4) is 5.75 Å². The number of aromatic hydroxyl groups is 1. The van der Waals surface area contributed by atoms with Gasteiger partial charge in [-0.25, -0.2) is 0 Å². The maximum absolute atomic E-state index is 12.1. The van der Waals surface area contributed by atoms with Crippen LogP contribution in [0.4, 0.5) is 0 Å². The predicted molar refractivity (Wildman–Crippen MR) is 60.1 cm³/mol. The molecule has 4 heteroatoms. The fourth-order valence-electron chi connectivity index (χ4n) is 1.81. The lowest BCUT2D eigenvalue weighted by Crippen LogP contribution is -2.36. The molecule has 1 amide bonds. The Morgan fingerprint density at radius 1 is 1.62 bits per heavy atom. The normalized spacial score (nSPS) is 19.8. The Kier molecular flexibility index (Phi) is 2.90. The first-order valence-electron chi connectivity index (χ1n) is 5.27. The van der Waals surface area contributed by atoms with Crippen molar-refractivity contribution in [3.63, 3.8) is 0 Å². The van der Waals surface area contributed by atoms with E-state index in [1.807, 2.05) is 6.08 Å². The Hall–Kier alpha value is -1.84. The summed E-state index contributed by atoms with van der Waals surface area (Å²) in [5.74, 6) is 0.160. The Labute approximate surface area is 94.2 Å². The van der Waals surface area contributed by atoms with E-state index < -0.39 is 0 Å². The SMILES string of the molecule is CC1C=CCN(C(=O)c2ccncc2O)C1. The number of hydrogen-bond donors (Lipinski definition) is 1. The van der Waals surface area contributed by atoms with Crippen molar-refractivity contribution >= 4 is 5.91 Å². The summed E-state index contributed by atoms with van der Waals surface area (Å²) in [6, 6.07) is 1.54. The highest BCUT2D eigenvalue weighted by atomic mass is 16.3. The lowest BCUT2D eigenvalue weighted by atomic mass is 10.1. The first kappa shape index (κ1) is 10.7. The van der Waals surface area contributed by atoms with Crippen LogP contribution in [0.1, 0.15) is 17.3 Å². The van der Waals surface area contributed by atoms with E-state index in [0.29, 0.717) is 24.6 Å². The number of carbonyl (C=O) groups is 1. The van der Waals surface area contributed by atoms with Gasteiger partial charge in [0.05, 0.1) is 11.8 Å². The van der Waals surface area contributed by atoms with Crippen LogP contribution in [0.5, 0.6) is 5.75 Å². The molecule has 0 fully saturated rings. The first-order chi connectivity index (χ1) is 7.68. The summed E-state index contributed by atoms with van der Waals surface area (Å²) in [4.78, 5) is 17.5. The molecule has 16 heavy (non-hydrogen) atoms. The molecule has 2 heterocycles. The number of aromatic nitrogens is 1. The molecule has 4 nitrogen and oxygen atoms in total. The molecule has 1 aromatic rings. The highest BCUT2D eigenvalue weighted by Gasteiger charge is 2.21. The van der Waals surface area contributed by atoms with Gasteiger partial charge in [0.2, 0.25) is 0 Å². The molecule has 1 aliphatic heterocycles. The topological polar surface area (TPSA) is 53.4 Å². The highest BCUT2D eigenvalue weighted by Crippen LogP contribution is 2.18. The van der Waals surface area contributed by atoms with Crippen molar-refractivity contribution in [1.29, 1.82) is 0 Å². The second-order valence-electron chi connectivity index (χ2n) is 4.01. The summed E-state index contributed by atoms with van der Waals surface area (Å²) in [6.07, 6.45) is 6.87. The first-order valence-corrected chi connectivity index (χ1v) is 5.27. The van der Waals surface area contributed by atoms with Crippen LogP contribution in [0.15, 0.2) is 30.6 Å². The predicted octanol–water partition coefficient (Wildman–Crippen LogP) is 1.44. The van der Waals surface area contributed by atoms with Crippen LogP contribution in [0, 0.1) is 5.92 Å². The van der Waals surface area contributed by atoms with Gasteiger partial charge in [0.25, 0.3) is 5.91 Å². The van der Waals surface area contributed by atoms with E-state index in [-0.39, 0.29) is 11.7 Å². The molecular formula is C12H14N2O2. The minimum atomic E-state index is -0.142. The van der Waals surface area contributed by atoms with Crippen LogP contribution in [-0.4, -0.2) is 34.0 Å². The lowest BCUT2D eigenvalue weighted by molar-refractivity contribution is 0.0750. The number of amides is 1. The van der Waals surface area contributed by atoms with Crippen molar-refractivity contribution in [2.24, 2.45) is 5.92 Å². The quantitative estimate of drug-likeness (QED) is 0.725. The number of carbonyl (C=O) groups excluding carboxylic acids is 1. The zero-order chi connectivity index (χ0) is 11.5. The molecule has 1 aliphatic rings. The van der Waals surface area contributed by atoms with E-state index in [4.69, 9.17) is 0 Å². The molecule has 84 valence electrons. The van der Waals surface area contributed by atoms with Gasteiger partial charge in [0, 0.05) is 19.3 Å². The molecule has 0 saturated heterocycles. The lowest BCUT2D eigenvalue weighted by Gasteiger charge is -2.27. The van der Waals surface area contributed by atoms with Crippen LogP contribution >= 0.6 is 0 Å². The standard InChI is InChI=1S/C12H14N2O2/c1-9-3-2-6-14(8-9)12(16)10-4-5-13-7-11(10)15/h2-5,7,9,15H,6,8H2,1H3. The highest BCUT2D eigenvalue weighted by molar-refractivity contribution is 5.96. The van der Waals surface area contributed by atoms with Crippen molar-refractivity contribution in [1.82, 2.24) is 9.88 Å². The van der Waals surface area contributed by atoms with Gasteiger partial charge < -0.3 is 10.0 Å².